The third-order valence-corrected chi connectivity index (χ3v) is 3.45. The van der Waals surface area contributed by atoms with Gasteiger partial charge in [-0.3, -0.25) is 0 Å². The van der Waals surface area contributed by atoms with Crippen LogP contribution in [0.5, 0.6) is 0 Å². The molecule has 124 valence electrons. The zero-order valence-corrected chi connectivity index (χ0v) is 12.5. The predicted molar refractivity (Wildman–Crippen MR) is 77.4 cm³/mol. The molecule has 0 spiro atoms. The quantitative estimate of drug-likeness (QED) is 0.698. The lowest BCUT2D eigenvalue weighted by Crippen LogP contribution is -2.40. The molecule has 1 unspecified atom stereocenters. The monoisotopic (exact) mass is 340 g/mol. The molecule has 3 N–H and O–H groups in total. The van der Waals surface area contributed by atoms with Crippen LogP contribution in [0.1, 0.15) is 12.0 Å². The van der Waals surface area contributed by atoms with E-state index < -0.39 is 29.3 Å². The van der Waals surface area contributed by atoms with Crippen molar-refractivity contribution in [3.63, 3.8) is 0 Å². The van der Waals surface area contributed by atoms with Crippen LogP contribution in [-0.4, -0.2) is 35.8 Å². The van der Waals surface area contributed by atoms with Crippen molar-refractivity contribution in [1.82, 2.24) is 5.32 Å². The molecule has 0 radical (unpaired) electrons. The van der Waals surface area contributed by atoms with Crippen molar-refractivity contribution in [1.29, 1.82) is 0 Å². The summed E-state index contributed by atoms with van der Waals surface area (Å²) in [6.07, 6.45) is -2.70. The molecule has 0 bridgehead atoms. The molecule has 1 aromatic carbocycles. The second kappa shape index (κ2) is 8.23. The maximum Gasteiger partial charge on any atom is 0.418 e. The molecule has 0 aliphatic heterocycles. The van der Waals surface area contributed by atoms with E-state index in [0.29, 0.717) is 11.8 Å². The molecule has 0 aliphatic carbocycles. The molecule has 22 heavy (non-hydrogen) atoms. The van der Waals surface area contributed by atoms with Crippen LogP contribution in [-0.2, 0) is 6.18 Å². The van der Waals surface area contributed by atoms with E-state index in [1.807, 2.05) is 0 Å². The summed E-state index contributed by atoms with van der Waals surface area (Å²) in [6.45, 7) is -0.157. The van der Waals surface area contributed by atoms with Gasteiger partial charge in [-0.1, -0.05) is 0 Å². The van der Waals surface area contributed by atoms with Crippen molar-refractivity contribution >= 4 is 23.5 Å². The summed E-state index contributed by atoms with van der Waals surface area (Å²) in [6, 6.07) is 0.785. The summed E-state index contributed by atoms with van der Waals surface area (Å²) in [4.78, 5) is 11.8. The van der Waals surface area contributed by atoms with Crippen molar-refractivity contribution in [2.24, 2.45) is 0 Å². The number of alkyl halides is 3. The Hall–Kier alpha value is -1.48. The number of aliphatic hydroxyl groups is 1. The van der Waals surface area contributed by atoms with Gasteiger partial charge in [0.1, 0.15) is 5.82 Å². The van der Waals surface area contributed by atoms with Gasteiger partial charge in [-0.25, -0.2) is 9.18 Å². The normalized spacial score (nSPS) is 12.8. The number of carbonyl (C=O) groups excluding carboxylic acids is 1. The zero-order valence-electron chi connectivity index (χ0n) is 11.7. The summed E-state index contributed by atoms with van der Waals surface area (Å²) in [5, 5.41) is 13.4. The highest BCUT2D eigenvalue weighted by atomic mass is 32.2. The van der Waals surface area contributed by atoms with Crippen LogP contribution in [0.25, 0.3) is 0 Å². The summed E-state index contributed by atoms with van der Waals surface area (Å²) in [5.41, 5.74) is -1.79. The molecule has 0 aliphatic rings. The molecule has 0 saturated heterocycles. The van der Waals surface area contributed by atoms with E-state index >= 15 is 0 Å². The van der Waals surface area contributed by atoms with Crippen molar-refractivity contribution in [2.45, 2.75) is 18.6 Å². The Balaban J connectivity index is 2.83. The molecule has 1 rings (SSSR count). The molecule has 2 amide bonds. The number of nitrogens with one attached hydrogen (secondary N) is 2. The fourth-order valence-electron chi connectivity index (χ4n) is 1.76. The number of hydrogen-bond acceptors (Lipinski definition) is 3. The fourth-order valence-corrected chi connectivity index (χ4v) is 2.41. The number of rotatable bonds is 6. The Morgan fingerprint density at radius 3 is 2.64 bits per heavy atom. The third kappa shape index (κ3) is 5.72. The van der Waals surface area contributed by atoms with Gasteiger partial charge in [-0.15, -0.1) is 0 Å². The van der Waals surface area contributed by atoms with E-state index in [0.717, 1.165) is 12.1 Å². The van der Waals surface area contributed by atoms with Crippen LogP contribution < -0.4 is 10.6 Å². The molecule has 9 heteroatoms. The van der Waals surface area contributed by atoms with Crippen molar-refractivity contribution < 1.29 is 27.5 Å². The SMILES string of the molecule is CSCC(CCO)NC(=O)Nc1ccc(F)cc1C(F)(F)F. The van der Waals surface area contributed by atoms with E-state index in [-0.39, 0.29) is 19.1 Å². The molecule has 0 saturated carbocycles. The summed E-state index contributed by atoms with van der Waals surface area (Å²) < 4.78 is 51.4. The lowest BCUT2D eigenvalue weighted by molar-refractivity contribution is -0.137. The molecule has 4 nitrogen and oxygen atoms in total. The number of anilines is 1. The highest BCUT2D eigenvalue weighted by molar-refractivity contribution is 7.98. The average molecular weight is 340 g/mol. The van der Waals surface area contributed by atoms with E-state index in [1.54, 1.807) is 6.26 Å². The smallest absolute Gasteiger partial charge is 0.396 e. The summed E-state index contributed by atoms with van der Waals surface area (Å²) in [7, 11) is 0. The molecule has 0 heterocycles. The van der Waals surface area contributed by atoms with Gasteiger partial charge >= 0.3 is 12.2 Å². The van der Waals surface area contributed by atoms with Crippen LogP contribution in [0.4, 0.5) is 28.0 Å². The Labute approximate surface area is 129 Å². The van der Waals surface area contributed by atoms with Crippen LogP contribution >= 0.6 is 11.8 Å². The van der Waals surface area contributed by atoms with Crippen molar-refractivity contribution in [2.75, 3.05) is 23.9 Å². The van der Waals surface area contributed by atoms with Gasteiger partial charge in [0, 0.05) is 18.4 Å². The van der Waals surface area contributed by atoms with Crippen LogP contribution in [0.15, 0.2) is 18.2 Å². The molecule has 1 aromatic rings. The van der Waals surface area contributed by atoms with E-state index in [9.17, 15) is 22.4 Å². The molecular formula is C13H16F4N2O2S. The first-order chi connectivity index (χ1) is 10.3. The lowest BCUT2D eigenvalue weighted by Gasteiger charge is -2.19. The zero-order chi connectivity index (χ0) is 16.8. The summed E-state index contributed by atoms with van der Waals surface area (Å²) >= 11 is 1.42. The van der Waals surface area contributed by atoms with Crippen LogP contribution in [0.3, 0.4) is 0 Å². The van der Waals surface area contributed by atoms with Gasteiger partial charge in [0.2, 0.25) is 0 Å². The van der Waals surface area contributed by atoms with Crippen LogP contribution in [0, 0.1) is 5.82 Å². The van der Waals surface area contributed by atoms with Crippen LogP contribution in [0.2, 0.25) is 0 Å². The first-order valence-corrected chi connectivity index (χ1v) is 7.71. The number of halogens is 4. The number of hydrogen-bond donors (Lipinski definition) is 3. The Bertz CT molecular complexity index is 505. The maximum absolute atomic E-state index is 13.0. The third-order valence-electron chi connectivity index (χ3n) is 2.72. The highest BCUT2D eigenvalue weighted by Crippen LogP contribution is 2.35. The van der Waals surface area contributed by atoms with Gasteiger partial charge in [-0.2, -0.15) is 24.9 Å². The standard InChI is InChI=1S/C13H16F4N2O2S/c1-22-7-9(4-5-20)18-12(21)19-11-3-2-8(14)6-10(11)13(15,16)17/h2-3,6,9,20H,4-5,7H2,1H3,(H2,18,19,21). The Kier molecular flexibility index (Phi) is 6.95. The van der Waals surface area contributed by atoms with E-state index in [4.69, 9.17) is 5.11 Å². The highest BCUT2D eigenvalue weighted by Gasteiger charge is 2.34. The molecule has 0 fully saturated rings. The first-order valence-electron chi connectivity index (χ1n) is 6.32. The minimum Gasteiger partial charge on any atom is -0.396 e. The lowest BCUT2D eigenvalue weighted by atomic mass is 10.1. The molecule has 0 aromatic heterocycles. The number of carbonyl (C=O) groups is 1. The topological polar surface area (TPSA) is 61.4 Å². The number of thioether (sulfide) groups is 1. The molecule has 1 atom stereocenters. The molecular weight excluding hydrogens is 324 g/mol. The second-order valence-electron chi connectivity index (χ2n) is 4.45. The summed E-state index contributed by atoms with van der Waals surface area (Å²) in [5.74, 6) is -0.539. The minimum absolute atomic E-state index is 0.157. The largest absolute Gasteiger partial charge is 0.418 e. The second-order valence-corrected chi connectivity index (χ2v) is 5.36. The number of urea groups is 1. The van der Waals surface area contributed by atoms with Gasteiger partial charge in [0.05, 0.1) is 11.3 Å². The van der Waals surface area contributed by atoms with E-state index in [1.165, 1.54) is 11.8 Å². The number of benzene rings is 1. The maximum atomic E-state index is 13.0. The Morgan fingerprint density at radius 2 is 2.09 bits per heavy atom. The van der Waals surface area contributed by atoms with Gasteiger partial charge in [-0.05, 0) is 30.9 Å². The van der Waals surface area contributed by atoms with Crippen molar-refractivity contribution in [3.8, 4) is 0 Å². The average Bonchev–Trinajstić information content (AvgIpc) is 2.40. The van der Waals surface area contributed by atoms with Gasteiger partial charge in [0.25, 0.3) is 0 Å². The minimum atomic E-state index is -4.78. The first kappa shape index (κ1) is 18.6. The fraction of sp³-hybridized carbons (Fsp3) is 0.462. The predicted octanol–water partition coefficient (Wildman–Crippen LogP) is 3.08. The van der Waals surface area contributed by atoms with Crippen molar-refractivity contribution in [3.05, 3.63) is 29.6 Å². The van der Waals surface area contributed by atoms with E-state index in [2.05, 4.69) is 10.6 Å². The van der Waals surface area contributed by atoms with Gasteiger partial charge in [0.15, 0.2) is 0 Å². The number of amides is 2. The van der Waals surface area contributed by atoms with Gasteiger partial charge < -0.3 is 15.7 Å². The number of aliphatic hydroxyl groups excluding tert-OH is 1. The Morgan fingerprint density at radius 1 is 1.41 bits per heavy atom.